The summed E-state index contributed by atoms with van der Waals surface area (Å²) in [6.07, 6.45) is 4.85. The molecule has 1 atom stereocenters. The predicted octanol–water partition coefficient (Wildman–Crippen LogP) is 4.54. The fourth-order valence-corrected chi connectivity index (χ4v) is 6.20. The molecule has 5 heterocycles. The van der Waals surface area contributed by atoms with Crippen molar-refractivity contribution in [3.8, 4) is 22.8 Å². The lowest BCUT2D eigenvalue weighted by Crippen LogP contribution is -2.54. The Kier molecular flexibility index (Phi) is 9.63. The Bertz CT molecular complexity index is 2140. The van der Waals surface area contributed by atoms with Crippen molar-refractivity contribution in [3.05, 3.63) is 84.3 Å². The van der Waals surface area contributed by atoms with Crippen LogP contribution in [0.5, 0.6) is 11.6 Å². The van der Waals surface area contributed by atoms with Crippen LogP contribution < -0.4 is 14.8 Å². The van der Waals surface area contributed by atoms with E-state index in [0.29, 0.717) is 53.3 Å². The summed E-state index contributed by atoms with van der Waals surface area (Å²) >= 11 is 0. The standard InChI is InChI=1S/C36H31F2N5O8/c37-36(38)42-28-9-10-39-20-27(28)24-4-1-21(17-30(24)42)22-2-8-32(40-19-22)51-16-14-49-12-11-48-13-15-50-23-3-5-25-26(18-23)35(47)43(34(25)46)29-6-7-31(44)41-33(29)45/h1-5,8-10,17-20,29,36H,6-7,11-16H2,(H,41,44,45). The van der Waals surface area contributed by atoms with Crippen LogP contribution in [0, 0.1) is 0 Å². The average molecular weight is 700 g/mol. The van der Waals surface area contributed by atoms with Crippen molar-refractivity contribution in [2.75, 3.05) is 39.6 Å². The number of pyridine rings is 2. The number of halogens is 2. The van der Waals surface area contributed by atoms with Gasteiger partial charge in [-0.25, -0.2) is 4.98 Å². The number of benzene rings is 2. The number of fused-ring (bicyclic) bond motifs is 4. The number of hydrogen-bond acceptors (Lipinski definition) is 10. The minimum absolute atomic E-state index is 0.0477. The average Bonchev–Trinajstić information content (AvgIpc) is 3.59. The number of piperidine rings is 1. The molecule has 1 unspecified atom stereocenters. The summed E-state index contributed by atoms with van der Waals surface area (Å²) in [5.41, 5.74) is 2.64. The molecule has 15 heteroatoms. The van der Waals surface area contributed by atoms with Gasteiger partial charge in [-0.1, -0.05) is 12.1 Å². The highest BCUT2D eigenvalue weighted by molar-refractivity contribution is 6.23. The van der Waals surface area contributed by atoms with Crippen LogP contribution in [-0.4, -0.2) is 88.7 Å². The Hall–Kier alpha value is -5.80. The fourth-order valence-electron chi connectivity index (χ4n) is 6.20. The molecular formula is C36H31F2N5O8. The van der Waals surface area contributed by atoms with Crippen LogP contribution in [0.25, 0.3) is 32.9 Å². The molecule has 1 N–H and O–H groups in total. The summed E-state index contributed by atoms with van der Waals surface area (Å²) < 4.78 is 51.3. The molecule has 5 aromatic rings. The molecular weight excluding hydrogens is 668 g/mol. The molecule has 0 spiro atoms. The Morgan fingerprint density at radius 1 is 0.765 bits per heavy atom. The number of amides is 4. The maximum atomic E-state index is 14.0. The molecule has 0 radical (unpaired) electrons. The minimum Gasteiger partial charge on any atom is -0.491 e. The van der Waals surface area contributed by atoms with Crippen LogP contribution in [0.4, 0.5) is 8.78 Å². The third-order valence-electron chi connectivity index (χ3n) is 8.63. The highest BCUT2D eigenvalue weighted by atomic mass is 19.3. The molecule has 13 nitrogen and oxygen atoms in total. The summed E-state index contributed by atoms with van der Waals surface area (Å²) in [6.45, 7) is -1.10. The molecule has 7 rings (SSSR count). The summed E-state index contributed by atoms with van der Waals surface area (Å²) in [4.78, 5) is 58.8. The number of rotatable bonds is 14. The number of alkyl halides is 2. The molecule has 2 aromatic carbocycles. The van der Waals surface area contributed by atoms with Gasteiger partial charge >= 0.3 is 6.55 Å². The second-order valence-electron chi connectivity index (χ2n) is 11.7. The Balaban J connectivity index is 0.806. The molecule has 3 aromatic heterocycles. The van der Waals surface area contributed by atoms with Gasteiger partial charge in [-0.3, -0.25) is 38.9 Å². The van der Waals surface area contributed by atoms with Crippen LogP contribution in [0.2, 0.25) is 0 Å². The first-order valence-electron chi connectivity index (χ1n) is 16.2. The van der Waals surface area contributed by atoms with Gasteiger partial charge in [0.05, 0.1) is 48.6 Å². The Morgan fingerprint density at radius 2 is 1.51 bits per heavy atom. The first kappa shape index (κ1) is 33.7. The highest BCUT2D eigenvalue weighted by Crippen LogP contribution is 2.35. The number of nitrogens with zero attached hydrogens (tertiary/aromatic N) is 4. The van der Waals surface area contributed by atoms with Crippen LogP contribution in [0.1, 0.15) is 40.1 Å². The molecule has 4 amide bonds. The number of carbonyl (C=O) groups excluding carboxylic acids is 4. The summed E-state index contributed by atoms with van der Waals surface area (Å²) in [5, 5.41) is 3.53. The normalized spacial score (nSPS) is 16.0. The Morgan fingerprint density at radius 3 is 2.25 bits per heavy atom. The number of hydrogen-bond donors (Lipinski definition) is 1. The summed E-state index contributed by atoms with van der Waals surface area (Å²) in [7, 11) is 0. The van der Waals surface area contributed by atoms with Crippen molar-refractivity contribution in [2.24, 2.45) is 0 Å². The summed E-state index contributed by atoms with van der Waals surface area (Å²) in [5.74, 6) is -1.52. The largest absolute Gasteiger partial charge is 0.491 e. The third-order valence-corrected chi connectivity index (χ3v) is 8.63. The first-order chi connectivity index (χ1) is 24.8. The second kappa shape index (κ2) is 14.6. The SMILES string of the molecule is O=C1CCC(N2C(=O)c3ccc(OCCOCCOCCOc4ccc(-c5ccc6c7cnccc7n(C(F)F)c6c5)cn4)cc3C2=O)C(=O)N1. The first-order valence-corrected chi connectivity index (χ1v) is 16.2. The van der Waals surface area contributed by atoms with E-state index >= 15 is 0 Å². The van der Waals surface area contributed by atoms with Gasteiger partial charge in [0.2, 0.25) is 17.7 Å². The van der Waals surface area contributed by atoms with E-state index in [1.165, 1.54) is 18.3 Å². The molecule has 1 fully saturated rings. The van der Waals surface area contributed by atoms with Gasteiger partial charge in [-0.15, -0.1) is 0 Å². The predicted molar refractivity (Wildman–Crippen MR) is 177 cm³/mol. The number of ether oxygens (including phenoxy) is 4. The zero-order valence-corrected chi connectivity index (χ0v) is 27.1. The van der Waals surface area contributed by atoms with Crippen LogP contribution in [-0.2, 0) is 19.1 Å². The molecule has 1 saturated heterocycles. The fraction of sp³-hybridized carbons (Fsp3) is 0.278. The minimum atomic E-state index is -2.70. The maximum Gasteiger partial charge on any atom is 0.319 e. The van der Waals surface area contributed by atoms with E-state index in [-0.39, 0.29) is 43.8 Å². The van der Waals surface area contributed by atoms with E-state index in [1.54, 1.807) is 36.7 Å². The molecule has 2 aliphatic rings. The lowest BCUT2D eigenvalue weighted by atomic mass is 10.0. The highest BCUT2D eigenvalue weighted by Gasteiger charge is 2.44. The number of nitrogens with one attached hydrogen (secondary N) is 1. The van der Waals surface area contributed by atoms with Gasteiger partial charge in [0.25, 0.3) is 11.8 Å². The van der Waals surface area contributed by atoms with E-state index in [4.69, 9.17) is 18.9 Å². The maximum absolute atomic E-state index is 14.0. The zero-order chi connectivity index (χ0) is 35.5. The van der Waals surface area contributed by atoms with Crippen molar-refractivity contribution in [1.29, 1.82) is 0 Å². The van der Waals surface area contributed by atoms with Gasteiger partial charge in [0.1, 0.15) is 25.0 Å². The van der Waals surface area contributed by atoms with Gasteiger partial charge in [-0.2, -0.15) is 8.78 Å². The van der Waals surface area contributed by atoms with E-state index in [1.807, 2.05) is 18.2 Å². The lowest BCUT2D eigenvalue weighted by Gasteiger charge is -2.27. The monoisotopic (exact) mass is 699 g/mol. The molecule has 0 aliphatic carbocycles. The van der Waals surface area contributed by atoms with Crippen LogP contribution in [0.15, 0.2) is 73.2 Å². The lowest BCUT2D eigenvalue weighted by molar-refractivity contribution is -0.136. The van der Waals surface area contributed by atoms with Gasteiger partial charge in [0.15, 0.2) is 0 Å². The zero-order valence-electron chi connectivity index (χ0n) is 27.1. The quantitative estimate of drug-likeness (QED) is 0.129. The number of aromatic nitrogens is 3. The molecule has 262 valence electrons. The van der Waals surface area contributed by atoms with E-state index in [0.717, 1.165) is 20.6 Å². The van der Waals surface area contributed by atoms with Gasteiger partial charge < -0.3 is 18.9 Å². The van der Waals surface area contributed by atoms with Gasteiger partial charge in [-0.05, 0) is 48.4 Å². The number of imide groups is 2. The van der Waals surface area contributed by atoms with Crippen molar-refractivity contribution < 1.29 is 46.9 Å². The Labute approximate surface area is 289 Å². The molecule has 2 aliphatic heterocycles. The molecule has 0 saturated carbocycles. The summed E-state index contributed by atoms with van der Waals surface area (Å²) in [6, 6.07) is 14.0. The second-order valence-corrected chi connectivity index (χ2v) is 11.7. The van der Waals surface area contributed by atoms with Crippen LogP contribution in [0.3, 0.4) is 0 Å². The van der Waals surface area contributed by atoms with E-state index in [9.17, 15) is 28.0 Å². The van der Waals surface area contributed by atoms with Crippen molar-refractivity contribution in [1.82, 2.24) is 24.8 Å². The number of carbonyl (C=O) groups is 4. The van der Waals surface area contributed by atoms with Crippen LogP contribution >= 0.6 is 0 Å². The molecule has 0 bridgehead atoms. The van der Waals surface area contributed by atoms with Crippen molar-refractivity contribution in [2.45, 2.75) is 25.4 Å². The van der Waals surface area contributed by atoms with Crippen molar-refractivity contribution in [3.63, 3.8) is 0 Å². The topological polar surface area (TPSA) is 151 Å². The van der Waals surface area contributed by atoms with Crippen molar-refractivity contribution >= 4 is 45.4 Å². The van der Waals surface area contributed by atoms with Gasteiger partial charge in [0, 0.05) is 47.4 Å². The van der Waals surface area contributed by atoms with E-state index < -0.39 is 36.2 Å². The third kappa shape index (κ3) is 6.85. The molecule has 51 heavy (non-hydrogen) atoms. The van der Waals surface area contributed by atoms with E-state index in [2.05, 4.69) is 15.3 Å². The smallest absolute Gasteiger partial charge is 0.319 e.